The maximum absolute atomic E-state index is 13.7. The number of nitrogens with zero attached hydrogens (tertiary/aromatic N) is 2. The molecular formula is C11H15ClFN3. The van der Waals surface area contributed by atoms with Gasteiger partial charge < -0.3 is 10.6 Å². The summed E-state index contributed by atoms with van der Waals surface area (Å²) in [6.45, 7) is 3.45. The Hall–Kier alpha value is -0.870. The minimum atomic E-state index is -0.375. The number of hydrogen-bond donors (Lipinski definition) is 1. The molecule has 1 aliphatic rings. The second-order valence-corrected chi connectivity index (χ2v) is 4.66. The molecule has 5 heteroatoms. The zero-order valence-electron chi connectivity index (χ0n) is 9.16. The van der Waals surface area contributed by atoms with Crippen molar-refractivity contribution in [3.63, 3.8) is 0 Å². The van der Waals surface area contributed by atoms with Crippen molar-refractivity contribution in [3.05, 3.63) is 23.1 Å². The Morgan fingerprint density at radius 3 is 3.06 bits per heavy atom. The molecule has 1 fully saturated rings. The van der Waals surface area contributed by atoms with Crippen LogP contribution in [0.5, 0.6) is 0 Å². The average molecular weight is 244 g/mol. The molecule has 1 aromatic rings. The van der Waals surface area contributed by atoms with Gasteiger partial charge in [-0.15, -0.1) is 0 Å². The van der Waals surface area contributed by atoms with Crippen molar-refractivity contribution >= 4 is 17.4 Å². The normalized spacial score (nSPS) is 25.1. The van der Waals surface area contributed by atoms with Crippen molar-refractivity contribution < 1.29 is 4.39 Å². The number of pyridine rings is 1. The minimum absolute atomic E-state index is 0.170. The molecule has 2 atom stereocenters. The monoisotopic (exact) mass is 243 g/mol. The lowest BCUT2D eigenvalue weighted by Gasteiger charge is -2.26. The van der Waals surface area contributed by atoms with Crippen LogP contribution < -0.4 is 10.6 Å². The Labute approximate surface area is 99.4 Å². The van der Waals surface area contributed by atoms with Crippen LogP contribution in [-0.2, 0) is 0 Å². The van der Waals surface area contributed by atoms with Gasteiger partial charge in [-0.2, -0.15) is 0 Å². The standard InChI is InChI=1S/C11H15ClFN3/c1-7-2-3-16(10(7)5-14)11-9(13)4-8(12)6-15-11/h4,6-7,10H,2-3,5,14H2,1H3. The van der Waals surface area contributed by atoms with Gasteiger partial charge in [-0.05, 0) is 18.4 Å². The van der Waals surface area contributed by atoms with Crippen LogP contribution in [0.1, 0.15) is 13.3 Å². The smallest absolute Gasteiger partial charge is 0.167 e. The maximum Gasteiger partial charge on any atom is 0.167 e. The van der Waals surface area contributed by atoms with E-state index in [9.17, 15) is 4.39 Å². The number of hydrogen-bond acceptors (Lipinski definition) is 3. The molecule has 0 aromatic carbocycles. The van der Waals surface area contributed by atoms with Crippen LogP contribution in [-0.4, -0.2) is 24.1 Å². The van der Waals surface area contributed by atoms with Crippen molar-refractivity contribution in [2.75, 3.05) is 18.0 Å². The van der Waals surface area contributed by atoms with Crippen molar-refractivity contribution in [1.29, 1.82) is 0 Å². The van der Waals surface area contributed by atoms with E-state index in [0.29, 0.717) is 23.3 Å². The first-order valence-corrected chi connectivity index (χ1v) is 5.79. The third kappa shape index (κ3) is 1.99. The molecule has 2 rings (SSSR count). The number of aromatic nitrogens is 1. The van der Waals surface area contributed by atoms with Gasteiger partial charge in [-0.1, -0.05) is 18.5 Å². The van der Waals surface area contributed by atoms with Crippen molar-refractivity contribution in [1.82, 2.24) is 4.98 Å². The zero-order valence-corrected chi connectivity index (χ0v) is 9.91. The summed E-state index contributed by atoms with van der Waals surface area (Å²) in [6.07, 6.45) is 2.49. The van der Waals surface area contributed by atoms with Crippen molar-refractivity contribution in [2.24, 2.45) is 11.7 Å². The Morgan fingerprint density at radius 1 is 1.69 bits per heavy atom. The van der Waals surface area contributed by atoms with E-state index in [1.165, 1.54) is 12.3 Å². The van der Waals surface area contributed by atoms with Gasteiger partial charge in [0.1, 0.15) is 0 Å². The lowest BCUT2D eigenvalue weighted by molar-refractivity contribution is 0.511. The van der Waals surface area contributed by atoms with Gasteiger partial charge in [0.2, 0.25) is 0 Å². The first kappa shape index (κ1) is 11.6. The van der Waals surface area contributed by atoms with E-state index in [4.69, 9.17) is 17.3 Å². The average Bonchev–Trinajstić information content (AvgIpc) is 2.59. The fourth-order valence-corrected chi connectivity index (χ4v) is 2.39. The van der Waals surface area contributed by atoms with Crippen LogP contribution in [0.4, 0.5) is 10.2 Å². The van der Waals surface area contributed by atoms with E-state index in [0.717, 1.165) is 13.0 Å². The highest BCUT2D eigenvalue weighted by molar-refractivity contribution is 6.30. The van der Waals surface area contributed by atoms with E-state index >= 15 is 0 Å². The van der Waals surface area contributed by atoms with Gasteiger partial charge >= 0.3 is 0 Å². The lowest BCUT2D eigenvalue weighted by Crippen LogP contribution is -2.39. The second kappa shape index (κ2) is 4.55. The number of halogens is 2. The molecule has 2 heterocycles. The number of nitrogens with two attached hydrogens (primary N) is 1. The predicted octanol–water partition coefficient (Wildman–Crippen LogP) is 2.05. The summed E-state index contributed by atoms with van der Waals surface area (Å²) >= 11 is 5.68. The van der Waals surface area contributed by atoms with E-state index in [-0.39, 0.29) is 11.9 Å². The molecule has 16 heavy (non-hydrogen) atoms. The molecule has 0 aliphatic carbocycles. The van der Waals surface area contributed by atoms with Crippen LogP contribution in [0.2, 0.25) is 5.02 Å². The molecule has 3 nitrogen and oxygen atoms in total. The molecule has 0 radical (unpaired) electrons. The molecule has 2 unspecified atom stereocenters. The third-order valence-electron chi connectivity index (χ3n) is 3.18. The summed E-state index contributed by atoms with van der Waals surface area (Å²) in [5.41, 5.74) is 5.71. The van der Waals surface area contributed by atoms with Crippen LogP contribution in [0, 0.1) is 11.7 Å². The fourth-order valence-electron chi connectivity index (χ4n) is 2.25. The fraction of sp³-hybridized carbons (Fsp3) is 0.545. The predicted molar refractivity (Wildman–Crippen MR) is 63.2 cm³/mol. The quantitative estimate of drug-likeness (QED) is 0.865. The van der Waals surface area contributed by atoms with E-state index < -0.39 is 0 Å². The molecule has 1 saturated heterocycles. The van der Waals surface area contributed by atoms with Gasteiger partial charge in [-0.25, -0.2) is 9.37 Å². The van der Waals surface area contributed by atoms with Crippen LogP contribution in [0.25, 0.3) is 0 Å². The summed E-state index contributed by atoms with van der Waals surface area (Å²) < 4.78 is 13.7. The maximum atomic E-state index is 13.7. The molecular weight excluding hydrogens is 229 g/mol. The highest BCUT2D eigenvalue weighted by Crippen LogP contribution is 2.30. The Balaban J connectivity index is 2.30. The van der Waals surface area contributed by atoms with Gasteiger partial charge in [0.05, 0.1) is 5.02 Å². The minimum Gasteiger partial charge on any atom is -0.350 e. The lowest BCUT2D eigenvalue weighted by atomic mass is 10.0. The molecule has 1 aromatic heterocycles. The first-order chi connectivity index (χ1) is 7.63. The molecule has 1 aliphatic heterocycles. The first-order valence-electron chi connectivity index (χ1n) is 5.41. The highest BCUT2D eigenvalue weighted by atomic mass is 35.5. The topological polar surface area (TPSA) is 42.2 Å². The molecule has 0 spiro atoms. The molecule has 0 amide bonds. The molecule has 0 saturated carbocycles. The molecule has 2 N–H and O–H groups in total. The molecule has 88 valence electrons. The van der Waals surface area contributed by atoms with E-state index in [1.807, 2.05) is 4.90 Å². The van der Waals surface area contributed by atoms with E-state index in [2.05, 4.69) is 11.9 Å². The SMILES string of the molecule is CC1CCN(c2ncc(Cl)cc2F)C1CN. The second-order valence-electron chi connectivity index (χ2n) is 4.22. The summed E-state index contributed by atoms with van der Waals surface area (Å²) in [7, 11) is 0. The summed E-state index contributed by atoms with van der Waals surface area (Å²) in [6, 6.07) is 1.46. The highest BCUT2D eigenvalue weighted by Gasteiger charge is 2.32. The van der Waals surface area contributed by atoms with Gasteiger partial charge in [-0.3, -0.25) is 0 Å². The van der Waals surface area contributed by atoms with Gasteiger partial charge in [0, 0.05) is 25.3 Å². The summed E-state index contributed by atoms with van der Waals surface area (Å²) in [4.78, 5) is 6.00. The Bertz CT molecular complexity index is 385. The van der Waals surface area contributed by atoms with Crippen LogP contribution >= 0.6 is 11.6 Å². The number of anilines is 1. The zero-order chi connectivity index (χ0) is 11.7. The van der Waals surface area contributed by atoms with Gasteiger partial charge in [0.25, 0.3) is 0 Å². The Kier molecular flexibility index (Phi) is 3.30. The largest absolute Gasteiger partial charge is 0.350 e. The molecule has 0 bridgehead atoms. The third-order valence-corrected chi connectivity index (χ3v) is 3.39. The van der Waals surface area contributed by atoms with Gasteiger partial charge in [0.15, 0.2) is 11.6 Å². The summed E-state index contributed by atoms with van der Waals surface area (Å²) in [5, 5.41) is 0.317. The number of rotatable bonds is 2. The Morgan fingerprint density at radius 2 is 2.44 bits per heavy atom. The summed E-state index contributed by atoms with van der Waals surface area (Å²) in [5.74, 6) is 0.464. The van der Waals surface area contributed by atoms with Crippen molar-refractivity contribution in [3.8, 4) is 0 Å². The van der Waals surface area contributed by atoms with Crippen LogP contribution in [0.15, 0.2) is 12.3 Å². The van der Waals surface area contributed by atoms with E-state index in [1.54, 1.807) is 0 Å². The van der Waals surface area contributed by atoms with Crippen LogP contribution in [0.3, 0.4) is 0 Å². The van der Waals surface area contributed by atoms with Crippen molar-refractivity contribution in [2.45, 2.75) is 19.4 Å².